The number of oxazole rings is 1. The summed E-state index contributed by atoms with van der Waals surface area (Å²) in [6.07, 6.45) is 1.84. The third-order valence-electron chi connectivity index (χ3n) is 2.51. The molecule has 1 heterocycles. The summed E-state index contributed by atoms with van der Waals surface area (Å²) in [6, 6.07) is 5.46. The van der Waals surface area contributed by atoms with E-state index in [0.29, 0.717) is 23.9 Å². The van der Waals surface area contributed by atoms with Gasteiger partial charge in [0.15, 0.2) is 5.58 Å². The highest BCUT2D eigenvalue weighted by Crippen LogP contribution is 2.14. The number of aromatic amines is 1. The number of H-pyrrole nitrogens is 1. The third kappa shape index (κ3) is 2.73. The first-order valence-corrected chi connectivity index (χ1v) is 5.30. The van der Waals surface area contributed by atoms with E-state index in [0.717, 1.165) is 12.0 Å². The Kier molecular flexibility index (Phi) is 3.24. The molecule has 0 saturated heterocycles. The van der Waals surface area contributed by atoms with Gasteiger partial charge in [-0.1, -0.05) is 6.07 Å². The van der Waals surface area contributed by atoms with Crippen LogP contribution in [0.15, 0.2) is 27.4 Å². The standard InChI is InChI=1S/C11H13N3O3/c12-14-10(15)3-1-2-7-4-5-9-8(6-7)13-11(16)17-9/h4-6H,1-3,12H2,(H,13,16)(H,14,15). The van der Waals surface area contributed by atoms with Gasteiger partial charge in [0.25, 0.3) is 0 Å². The fraction of sp³-hybridized carbons (Fsp3) is 0.273. The lowest BCUT2D eigenvalue weighted by molar-refractivity contribution is -0.121. The lowest BCUT2D eigenvalue weighted by atomic mass is 10.1. The van der Waals surface area contributed by atoms with Gasteiger partial charge < -0.3 is 4.42 Å². The molecule has 0 aliphatic carbocycles. The van der Waals surface area contributed by atoms with E-state index in [4.69, 9.17) is 10.3 Å². The van der Waals surface area contributed by atoms with Gasteiger partial charge in [0.1, 0.15) is 0 Å². The van der Waals surface area contributed by atoms with E-state index in [1.165, 1.54) is 0 Å². The Labute approximate surface area is 96.8 Å². The number of carbonyl (C=O) groups is 1. The number of amides is 1. The monoisotopic (exact) mass is 235 g/mol. The van der Waals surface area contributed by atoms with Crippen LogP contribution in [0.2, 0.25) is 0 Å². The van der Waals surface area contributed by atoms with E-state index in [2.05, 4.69) is 10.4 Å². The molecule has 1 aromatic heterocycles. The van der Waals surface area contributed by atoms with Gasteiger partial charge in [-0.05, 0) is 30.5 Å². The number of hydrogen-bond donors (Lipinski definition) is 3. The zero-order valence-electron chi connectivity index (χ0n) is 9.16. The second-order valence-electron chi connectivity index (χ2n) is 3.77. The van der Waals surface area contributed by atoms with Crippen molar-refractivity contribution in [1.29, 1.82) is 0 Å². The van der Waals surface area contributed by atoms with Crippen molar-refractivity contribution < 1.29 is 9.21 Å². The van der Waals surface area contributed by atoms with E-state index < -0.39 is 5.76 Å². The van der Waals surface area contributed by atoms with Crippen molar-refractivity contribution in [2.75, 3.05) is 0 Å². The lowest BCUT2D eigenvalue weighted by Gasteiger charge is -2.00. The average Bonchev–Trinajstić information content (AvgIpc) is 2.68. The maximum absolute atomic E-state index is 11.0. The molecule has 0 aliphatic heterocycles. The SMILES string of the molecule is NNC(=O)CCCc1ccc2oc(=O)[nH]c2c1. The van der Waals surface area contributed by atoms with Gasteiger partial charge in [0, 0.05) is 6.42 Å². The summed E-state index contributed by atoms with van der Waals surface area (Å²) in [7, 11) is 0. The molecule has 6 heteroatoms. The predicted molar refractivity (Wildman–Crippen MR) is 62.1 cm³/mol. The molecule has 1 aromatic carbocycles. The Hall–Kier alpha value is -2.08. The summed E-state index contributed by atoms with van der Waals surface area (Å²) >= 11 is 0. The molecule has 17 heavy (non-hydrogen) atoms. The van der Waals surface area contributed by atoms with Gasteiger partial charge >= 0.3 is 5.76 Å². The number of nitrogens with two attached hydrogens (primary N) is 1. The molecule has 2 rings (SSSR count). The largest absolute Gasteiger partial charge is 0.417 e. The molecule has 90 valence electrons. The van der Waals surface area contributed by atoms with Crippen LogP contribution in [-0.4, -0.2) is 10.9 Å². The van der Waals surface area contributed by atoms with Crippen molar-refractivity contribution in [3.05, 3.63) is 34.3 Å². The molecule has 6 nitrogen and oxygen atoms in total. The minimum absolute atomic E-state index is 0.178. The molecule has 0 spiro atoms. The zero-order valence-corrected chi connectivity index (χ0v) is 9.16. The highest BCUT2D eigenvalue weighted by atomic mass is 16.4. The fourth-order valence-corrected chi connectivity index (χ4v) is 1.68. The van der Waals surface area contributed by atoms with E-state index in [1.54, 1.807) is 6.07 Å². The number of carbonyl (C=O) groups excluding carboxylic acids is 1. The van der Waals surface area contributed by atoms with Crippen molar-refractivity contribution in [3.8, 4) is 0 Å². The zero-order chi connectivity index (χ0) is 12.3. The first-order chi connectivity index (χ1) is 8.19. The van der Waals surface area contributed by atoms with Crippen LogP contribution in [0.25, 0.3) is 11.1 Å². The van der Waals surface area contributed by atoms with Crippen LogP contribution >= 0.6 is 0 Å². The molecule has 1 amide bonds. The van der Waals surface area contributed by atoms with Crippen LogP contribution in [0.5, 0.6) is 0 Å². The van der Waals surface area contributed by atoms with Gasteiger partial charge in [0.2, 0.25) is 5.91 Å². The van der Waals surface area contributed by atoms with Crippen molar-refractivity contribution in [3.63, 3.8) is 0 Å². The van der Waals surface area contributed by atoms with Crippen LogP contribution in [-0.2, 0) is 11.2 Å². The molecule has 0 atom stereocenters. The van der Waals surface area contributed by atoms with Gasteiger partial charge in [-0.25, -0.2) is 10.6 Å². The Bertz CT molecular complexity index is 585. The Morgan fingerprint density at radius 1 is 1.47 bits per heavy atom. The minimum atomic E-state index is -0.459. The quantitative estimate of drug-likeness (QED) is 0.406. The number of fused-ring (bicyclic) bond motifs is 1. The first kappa shape index (κ1) is 11.4. The van der Waals surface area contributed by atoms with Crippen LogP contribution in [0, 0.1) is 0 Å². The molecule has 0 aliphatic rings. The normalized spacial score (nSPS) is 10.6. The number of nitrogens with one attached hydrogen (secondary N) is 2. The van der Waals surface area contributed by atoms with Crippen molar-refractivity contribution in [1.82, 2.24) is 10.4 Å². The summed E-state index contributed by atoms with van der Waals surface area (Å²) in [5.74, 6) is 4.34. The second kappa shape index (κ2) is 4.84. The molecule has 0 unspecified atom stereocenters. The van der Waals surface area contributed by atoms with Crippen molar-refractivity contribution >= 4 is 17.0 Å². The summed E-state index contributed by atoms with van der Waals surface area (Å²) < 4.78 is 4.89. The molecule has 2 aromatic rings. The van der Waals surface area contributed by atoms with Crippen LogP contribution in [0.4, 0.5) is 0 Å². The molecular weight excluding hydrogens is 222 g/mol. The van der Waals surface area contributed by atoms with Gasteiger partial charge in [-0.15, -0.1) is 0 Å². The van der Waals surface area contributed by atoms with E-state index in [-0.39, 0.29) is 5.91 Å². The number of aryl methyl sites for hydroxylation is 1. The molecule has 0 saturated carbocycles. The molecule has 4 N–H and O–H groups in total. The van der Waals surface area contributed by atoms with E-state index in [9.17, 15) is 9.59 Å². The molecular formula is C11H13N3O3. The number of rotatable bonds is 4. The Morgan fingerprint density at radius 2 is 2.29 bits per heavy atom. The summed E-state index contributed by atoms with van der Waals surface area (Å²) in [4.78, 5) is 24.5. The van der Waals surface area contributed by atoms with E-state index >= 15 is 0 Å². The number of hydrazine groups is 1. The van der Waals surface area contributed by atoms with Gasteiger partial charge in [-0.2, -0.15) is 0 Å². The predicted octanol–water partition coefficient (Wildman–Crippen LogP) is 0.434. The highest BCUT2D eigenvalue weighted by Gasteiger charge is 2.03. The maximum atomic E-state index is 11.0. The summed E-state index contributed by atoms with van der Waals surface area (Å²) in [6.45, 7) is 0. The Morgan fingerprint density at radius 3 is 3.06 bits per heavy atom. The van der Waals surface area contributed by atoms with Crippen molar-refractivity contribution in [2.45, 2.75) is 19.3 Å². The molecule has 0 bridgehead atoms. The third-order valence-corrected chi connectivity index (χ3v) is 2.51. The summed E-state index contributed by atoms with van der Waals surface area (Å²) in [5, 5.41) is 0. The van der Waals surface area contributed by atoms with Crippen LogP contribution < -0.4 is 17.0 Å². The second-order valence-corrected chi connectivity index (χ2v) is 3.77. The smallest absolute Gasteiger partial charge is 0.408 e. The lowest BCUT2D eigenvalue weighted by Crippen LogP contribution is -2.29. The molecule has 0 radical (unpaired) electrons. The summed E-state index contributed by atoms with van der Waals surface area (Å²) in [5.41, 5.74) is 4.34. The fourth-order valence-electron chi connectivity index (χ4n) is 1.68. The van der Waals surface area contributed by atoms with Gasteiger partial charge in [-0.3, -0.25) is 15.2 Å². The van der Waals surface area contributed by atoms with E-state index in [1.807, 2.05) is 12.1 Å². The Balaban J connectivity index is 2.04. The first-order valence-electron chi connectivity index (χ1n) is 5.30. The topological polar surface area (TPSA) is 101 Å². The van der Waals surface area contributed by atoms with Crippen LogP contribution in [0.1, 0.15) is 18.4 Å². The number of benzene rings is 1. The number of aromatic nitrogens is 1. The maximum Gasteiger partial charge on any atom is 0.417 e. The average molecular weight is 235 g/mol. The van der Waals surface area contributed by atoms with Crippen LogP contribution in [0.3, 0.4) is 0 Å². The minimum Gasteiger partial charge on any atom is -0.408 e. The van der Waals surface area contributed by atoms with Gasteiger partial charge in [0.05, 0.1) is 5.52 Å². The number of hydrogen-bond acceptors (Lipinski definition) is 4. The van der Waals surface area contributed by atoms with Crippen molar-refractivity contribution in [2.24, 2.45) is 5.84 Å². The molecule has 0 fully saturated rings. The highest BCUT2D eigenvalue weighted by molar-refractivity contribution is 5.75.